The van der Waals surface area contributed by atoms with E-state index in [9.17, 15) is 4.79 Å². The Kier molecular flexibility index (Phi) is 5.70. The Hall–Kier alpha value is -2.24. The van der Waals surface area contributed by atoms with Crippen LogP contribution in [0.15, 0.2) is 53.5 Å². The summed E-state index contributed by atoms with van der Waals surface area (Å²) in [5, 5.41) is 0.534. The van der Waals surface area contributed by atoms with Crippen LogP contribution >= 0.6 is 23.8 Å². The molecule has 0 unspecified atom stereocenters. The highest BCUT2D eigenvalue weighted by Crippen LogP contribution is 2.40. The van der Waals surface area contributed by atoms with Gasteiger partial charge in [0.25, 0.3) is 5.91 Å². The van der Waals surface area contributed by atoms with Crippen molar-refractivity contribution in [3.05, 3.63) is 64.7 Å². The Balaban J connectivity index is 1.77. The first-order valence-corrected chi connectivity index (χ1v) is 10.7. The molecule has 0 bridgehead atoms. The van der Waals surface area contributed by atoms with Crippen molar-refractivity contribution in [2.24, 2.45) is 4.99 Å². The predicted molar refractivity (Wildman–Crippen MR) is 120 cm³/mol. The maximum Gasteiger partial charge on any atom is 0.261 e. The second-order valence-corrected chi connectivity index (χ2v) is 8.36. The summed E-state index contributed by atoms with van der Waals surface area (Å²) in [4.78, 5) is 20.9. The van der Waals surface area contributed by atoms with Gasteiger partial charge in [0.15, 0.2) is 0 Å². The van der Waals surface area contributed by atoms with Crippen LogP contribution in [-0.2, 0) is 0 Å². The molecule has 4 nitrogen and oxygen atoms in total. The third-order valence-corrected chi connectivity index (χ3v) is 6.30. The summed E-state index contributed by atoms with van der Waals surface area (Å²) in [5.74, 6) is 0.640. The smallest absolute Gasteiger partial charge is 0.261 e. The van der Waals surface area contributed by atoms with Gasteiger partial charge in [-0.25, -0.2) is 0 Å². The molecule has 0 atom stereocenters. The summed E-state index contributed by atoms with van der Waals surface area (Å²) in [6.07, 6.45) is 6.00. The molecule has 0 aromatic heterocycles. The van der Waals surface area contributed by atoms with Crippen molar-refractivity contribution in [3.8, 4) is 5.75 Å². The fourth-order valence-electron chi connectivity index (χ4n) is 4.20. The number of rotatable bonds is 3. The summed E-state index contributed by atoms with van der Waals surface area (Å²) in [6, 6.07) is 14.7. The number of aliphatic imine (C=N–C) groups is 1. The van der Waals surface area contributed by atoms with E-state index in [4.69, 9.17) is 33.5 Å². The van der Waals surface area contributed by atoms with Crippen LogP contribution in [0.1, 0.15) is 54.4 Å². The molecule has 0 radical (unpaired) electrons. The van der Waals surface area contributed by atoms with Crippen LogP contribution in [0.25, 0.3) is 0 Å². The van der Waals surface area contributed by atoms with Crippen molar-refractivity contribution < 1.29 is 9.53 Å². The zero-order valence-electron chi connectivity index (χ0n) is 16.4. The average Bonchev–Trinajstić information content (AvgIpc) is 2.87. The molecule has 29 heavy (non-hydrogen) atoms. The topological polar surface area (TPSA) is 41.9 Å². The molecule has 150 valence electrons. The van der Waals surface area contributed by atoms with Crippen molar-refractivity contribution in [2.75, 3.05) is 7.11 Å². The summed E-state index contributed by atoms with van der Waals surface area (Å²) < 4.78 is 5.26. The number of thiocarbonyl (C=S) groups is 1. The third-order valence-electron chi connectivity index (χ3n) is 5.68. The molecule has 1 amide bonds. The second kappa shape index (κ2) is 8.25. The monoisotopic (exact) mass is 426 g/mol. The Morgan fingerprint density at radius 2 is 1.79 bits per heavy atom. The van der Waals surface area contributed by atoms with Crippen LogP contribution in [0.4, 0.5) is 0 Å². The number of benzene rings is 2. The van der Waals surface area contributed by atoms with E-state index in [0.717, 1.165) is 49.8 Å². The van der Waals surface area contributed by atoms with Crippen molar-refractivity contribution in [1.29, 1.82) is 0 Å². The molecule has 0 N–H and O–H groups in total. The van der Waals surface area contributed by atoms with E-state index in [1.807, 2.05) is 24.3 Å². The van der Waals surface area contributed by atoms with Gasteiger partial charge in [0.05, 0.1) is 7.11 Å². The van der Waals surface area contributed by atoms with E-state index in [2.05, 4.69) is 0 Å². The number of hydrogen-bond acceptors (Lipinski definition) is 4. The lowest BCUT2D eigenvalue weighted by Crippen LogP contribution is -2.49. The van der Waals surface area contributed by atoms with Crippen LogP contribution in [0.3, 0.4) is 0 Å². The van der Waals surface area contributed by atoms with Crippen LogP contribution < -0.4 is 4.74 Å². The highest BCUT2D eigenvalue weighted by molar-refractivity contribution is 7.82. The molecule has 2 aromatic rings. The van der Waals surface area contributed by atoms with E-state index >= 15 is 0 Å². The Morgan fingerprint density at radius 3 is 2.41 bits per heavy atom. The van der Waals surface area contributed by atoms with E-state index in [-0.39, 0.29) is 5.91 Å². The molecule has 1 aliphatic heterocycles. The van der Waals surface area contributed by atoms with Gasteiger partial charge in [-0.05, 0) is 68.1 Å². The van der Waals surface area contributed by atoms with Gasteiger partial charge in [-0.1, -0.05) is 42.7 Å². The highest BCUT2D eigenvalue weighted by atomic mass is 35.5. The maximum absolute atomic E-state index is 13.6. The van der Waals surface area contributed by atoms with E-state index < -0.39 is 5.66 Å². The largest absolute Gasteiger partial charge is 0.497 e. The summed E-state index contributed by atoms with van der Waals surface area (Å²) >= 11 is 12.0. The van der Waals surface area contributed by atoms with Gasteiger partial charge < -0.3 is 4.74 Å². The van der Waals surface area contributed by atoms with Gasteiger partial charge in [-0.15, -0.1) is 0 Å². The number of nitrogens with zero attached hydrogens (tertiary/aromatic N) is 2. The number of carbonyl (C=O) groups is 1. The summed E-state index contributed by atoms with van der Waals surface area (Å²) in [5.41, 5.74) is 1.54. The summed E-state index contributed by atoms with van der Waals surface area (Å²) in [6.45, 7) is 0. The van der Waals surface area contributed by atoms with Gasteiger partial charge in [0.2, 0.25) is 0 Å². The minimum Gasteiger partial charge on any atom is -0.497 e. The van der Waals surface area contributed by atoms with Gasteiger partial charge in [-0.3, -0.25) is 14.7 Å². The van der Waals surface area contributed by atoms with Gasteiger partial charge in [0.1, 0.15) is 22.1 Å². The first kappa shape index (κ1) is 20.0. The highest BCUT2D eigenvalue weighted by Gasteiger charge is 2.48. The average molecular weight is 427 g/mol. The van der Waals surface area contributed by atoms with Crippen molar-refractivity contribution in [3.63, 3.8) is 0 Å². The molecule has 1 aliphatic carbocycles. The lowest BCUT2D eigenvalue weighted by Gasteiger charge is -2.35. The lowest BCUT2D eigenvalue weighted by molar-refractivity contribution is 0.0692. The second-order valence-electron chi connectivity index (χ2n) is 7.54. The predicted octanol–water partition coefficient (Wildman–Crippen LogP) is 5.67. The number of halogens is 1. The first-order chi connectivity index (χ1) is 14.0. The molecule has 1 spiro atoms. The van der Waals surface area contributed by atoms with Crippen molar-refractivity contribution in [1.82, 2.24) is 4.90 Å². The lowest BCUT2D eigenvalue weighted by atomic mass is 9.99. The quantitative estimate of drug-likeness (QED) is 0.593. The third kappa shape index (κ3) is 3.81. The molecule has 1 fully saturated rings. The van der Waals surface area contributed by atoms with Crippen LogP contribution in [0.5, 0.6) is 5.75 Å². The number of methoxy groups -OCH3 is 1. The molecule has 0 saturated heterocycles. The van der Waals surface area contributed by atoms with Crippen LogP contribution in [-0.4, -0.2) is 34.3 Å². The molecule has 6 heteroatoms. The van der Waals surface area contributed by atoms with Gasteiger partial charge in [0, 0.05) is 16.1 Å². The number of amides is 1. The van der Waals surface area contributed by atoms with Gasteiger partial charge in [-0.2, -0.15) is 0 Å². The zero-order valence-corrected chi connectivity index (χ0v) is 17.9. The Bertz CT molecular complexity index is 963. The van der Waals surface area contributed by atoms with Crippen LogP contribution in [0, 0.1) is 0 Å². The Labute approximate surface area is 181 Å². The SMILES string of the molecule is COc1ccc(C2=NC3(CCCCCC3)N(C(=O)c3cccc(Cl)c3)C2=S)cc1. The maximum atomic E-state index is 13.6. The molecule has 1 heterocycles. The number of hydrogen-bond donors (Lipinski definition) is 0. The minimum absolute atomic E-state index is 0.133. The van der Waals surface area contributed by atoms with E-state index in [1.165, 1.54) is 0 Å². The minimum atomic E-state index is -0.609. The number of carbonyl (C=O) groups excluding carboxylic acids is 1. The fourth-order valence-corrected chi connectivity index (χ4v) is 4.81. The Morgan fingerprint density at radius 1 is 1.10 bits per heavy atom. The van der Waals surface area contributed by atoms with E-state index in [0.29, 0.717) is 21.3 Å². The normalized spacial score (nSPS) is 18.5. The van der Waals surface area contributed by atoms with Gasteiger partial charge >= 0.3 is 0 Å². The number of ether oxygens (including phenoxy) is 1. The zero-order chi connectivity index (χ0) is 20.4. The molecule has 4 rings (SSSR count). The van der Waals surface area contributed by atoms with Crippen molar-refractivity contribution >= 4 is 40.4 Å². The standard InChI is InChI=1S/C23H23ClN2O2S/c1-28-19-11-9-16(10-12-19)20-22(29)26(21(27)17-7-6-8-18(24)15-17)23(25-20)13-4-2-3-5-14-23/h6-12,15H,2-5,13-14H2,1H3. The van der Waals surface area contributed by atoms with Crippen LogP contribution in [0.2, 0.25) is 5.02 Å². The molecular weight excluding hydrogens is 404 g/mol. The summed E-state index contributed by atoms with van der Waals surface area (Å²) in [7, 11) is 1.64. The van der Waals surface area contributed by atoms with Crippen molar-refractivity contribution in [2.45, 2.75) is 44.2 Å². The fraction of sp³-hybridized carbons (Fsp3) is 0.348. The molecule has 1 saturated carbocycles. The molecule has 2 aliphatic rings. The van der Waals surface area contributed by atoms with E-state index in [1.54, 1.807) is 36.3 Å². The molecule has 2 aromatic carbocycles. The molecular formula is C23H23ClN2O2S. The first-order valence-electron chi connectivity index (χ1n) is 9.93.